The molecule has 140 valence electrons. The molecule has 1 saturated heterocycles. The van der Waals surface area contributed by atoms with Gasteiger partial charge in [-0.25, -0.2) is 4.98 Å². The lowest BCUT2D eigenvalue weighted by Crippen LogP contribution is -2.36. The summed E-state index contributed by atoms with van der Waals surface area (Å²) in [6.45, 7) is 1.97. The maximum atomic E-state index is 13.2. The Balaban J connectivity index is 1.54. The summed E-state index contributed by atoms with van der Waals surface area (Å²) in [6, 6.07) is 11.6. The molecule has 2 aromatic heterocycles. The zero-order valence-electron chi connectivity index (χ0n) is 14.6. The molecule has 0 aliphatic carbocycles. The van der Waals surface area contributed by atoms with Gasteiger partial charge in [-0.15, -0.1) is 22.7 Å². The van der Waals surface area contributed by atoms with Crippen molar-refractivity contribution < 1.29 is 9.53 Å². The van der Waals surface area contributed by atoms with Crippen LogP contribution in [0.5, 0.6) is 0 Å². The molecule has 1 fully saturated rings. The molecule has 0 spiro atoms. The van der Waals surface area contributed by atoms with Gasteiger partial charge in [0.05, 0.1) is 12.6 Å². The van der Waals surface area contributed by atoms with Gasteiger partial charge >= 0.3 is 0 Å². The molecule has 4 nitrogen and oxygen atoms in total. The van der Waals surface area contributed by atoms with Crippen molar-refractivity contribution in [3.05, 3.63) is 62.8 Å². The van der Waals surface area contributed by atoms with Crippen LogP contribution in [0.25, 0.3) is 10.6 Å². The van der Waals surface area contributed by atoms with Crippen molar-refractivity contribution in [2.75, 3.05) is 13.2 Å². The topological polar surface area (TPSA) is 42.4 Å². The van der Waals surface area contributed by atoms with E-state index in [9.17, 15) is 4.79 Å². The number of amides is 1. The maximum absolute atomic E-state index is 13.2. The largest absolute Gasteiger partial charge is 0.376 e. The van der Waals surface area contributed by atoms with Crippen LogP contribution in [0.4, 0.5) is 0 Å². The van der Waals surface area contributed by atoms with Crippen LogP contribution >= 0.6 is 34.3 Å². The van der Waals surface area contributed by atoms with Crippen LogP contribution in [0.2, 0.25) is 5.02 Å². The number of thiazole rings is 1. The number of hydrogen-bond donors (Lipinski definition) is 0. The van der Waals surface area contributed by atoms with Crippen LogP contribution in [0.3, 0.4) is 0 Å². The van der Waals surface area contributed by atoms with E-state index in [2.05, 4.69) is 11.1 Å². The van der Waals surface area contributed by atoms with Crippen LogP contribution in [0.15, 0.2) is 47.2 Å². The highest BCUT2D eigenvalue weighted by atomic mass is 35.5. The average Bonchev–Trinajstić information content (AvgIpc) is 3.44. The number of carbonyl (C=O) groups is 1. The average molecular weight is 419 g/mol. The fraction of sp³-hybridized carbons (Fsp3) is 0.300. The molecule has 0 radical (unpaired) electrons. The third-order valence-corrected chi connectivity index (χ3v) is 6.48. The van der Waals surface area contributed by atoms with Crippen molar-refractivity contribution >= 4 is 40.2 Å². The van der Waals surface area contributed by atoms with Gasteiger partial charge < -0.3 is 9.64 Å². The predicted octanol–water partition coefficient (Wildman–Crippen LogP) is 5.35. The van der Waals surface area contributed by atoms with Crippen LogP contribution < -0.4 is 0 Å². The fourth-order valence-corrected chi connectivity index (χ4v) is 4.75. The number of aromatic nitrogens is 1. The second-order valence-electron chi connectivity index (χ2n) is 6.44. The van der Waals surface area contributed by atoms with E-state index < -0.39 is 0 Å². The van der Waals surface area contributed by atoms with Gasteiger partial charge in [0, 0.05) is 34.0 Å². The number of hydrogen-bond acceptors (Lipinski definition) is 5. The van der Waals surface area contributed by atoms with Gasteiger partial charge in [0.15, 0.2) is 0 Å². The highest BCUT2D eigenvalue weighted by Gasteiger charge is 2.25. The van der Waals surface area contributed by atoms with E-state index in [0.29, 0.717) is 23.8 Å². The summed E-state index contributed by atoms with van der Waals surface area (Å²) in [5.41, 5.74) is 1.45. The fourth-order valence-electron chi connectivity index (χ4n) is 3.10. The second kappa shape index (κ2) is 8.52. The van der Waals surface area contributed by atoms with E-state index in [0.717, 1.165) is 34.9 Å². The Morgan fingerprint density at radius 3 is 2.81 bits per heavy atom. The third-order valence-electron chi connectivity index (χ3n) is 4.48. The Kier molecular flexibility index (Phi) is 5.88. The number of carbonyl (C=O) groups excluding carboxylic acids is 1. The normalized spacial score (nSPS) is 16.6. The Labute approximate surface area is 171 Å². The Morgan fingerprint density at radius 1 is 1.26 bits per heavy atom. The molecule has 0 bridgehead atoms. The van der Waals surface area contributed by atoms with Crippen molar-refractivity contribution in [2.45, 2.75) is 25.5 Å². The highest BCUT2D eigenvalue weighted by Crippen LogP contribution is 2.26. The molecule has 0 saturated carbocycles. The standard InChI is InChI=1S/C20H19ClN2O2S2/c21-15-7-5-14(6-8-15)19-22-18(13-27-19)20(24)23(11-16-3-1-9-25-16)12-17-4-2-10-26-17/h2,4-8,10,13,16H,1,3,9,11-12H2. The van der Waals surface area contributed by atoms with Crippen LogP contribution in [-0.2, 0) is 11.3 Å². The molecule has 7 heteroatoms. The van der Waals surface area contributed by atoms with Crippen molar-refractivity contribution in [1.29, 1.82) is 0 Å². The number of nitrogens with zero attached hydrogens (tertiary/aromatic N) is 2. The molecule has 1 aliphatic heterocycles. The molecule has 1 aromatic carbocycles. The van der Waals surface area contributed by atoms with Crippen LogP contribution in [0, 0.1) is 0 Å². The van der Waals surface area contributed by atoms with E-state index in [1.54, 1.807) is 11.3 Å². The summed E-state index contributed by atoms with van der Waals surface area (Å²) in [5.74, 6) is -0.0460. The van der Waals surface area contributed by atoms with Gasteiger partial charge in [0.1, 0.15) is 10.7 Å². The Hall–Kier alpha value is -1.73. The summed E-state index contributed by atoms with van der Waals surface area (Å²) in [6.07, 6.45) is 2.17. The molecular weight excluding hydrogens is 400 g/mol. The highest BCUT2D eigenvalue weighted by molar-refractivity contribution is 7.13. The first kappa shape index (κ1) is 18.6. The molecule has 1 unspecified atom stereocenters. The predicted molar refractivity (Wildman–Crippen MR) is 111 cm³/mol. The van der Waals surface area contributed by atoms with Gasteiger partial charge in [-0.05, 0) is 36.4 Å². The van der Waals surface area contributed by atoms with Gasteiger partial charge in [0.25, 0.3) is 5.91 Å². The van der Waals surface area contributed by atoms with Gasteiger partial charge in [-0.2, -0.15) is 0 Å². The maximum Gasteiger partial charge on any atom is 0.273 e. The van der Waals surface area contributed by atoms with E-state index >= 15 is 0 Å². The lowest BCUT2D eigenvalue weighted by molar-refractivity contribution is 0.0506. The molecular formula is C20H19ClN2O2S2. The monoisotopic (exact) mass is 418 g/mol. The van der Waals surface area contributed by atoms with E-state index in [1.807, 2.05) is 46.0 Å². The first-order valence-corrected chi connectivity index (χ1v) is 11.0. The minimum absolute atomic E-state index is 0.0460. The first-order valence-electron chi connectivity index (χ1n) is 8.84. The first-order chi connectivity index (χ1) is 13.2. The minimum Gasteiger partial charge on any atom is -0.376 e. The van der Waals surface area contributed by atoms with E-state index in [4.69, 9.17) is 16.3 Å². The molecule has 4 rings (SSSR count). The smallest absolute Gasteiger partial charge is 0.273 e. The second-order valence-corrected chi connectivity index (χ2v) is 8.77. The summed E-state index contributed by atoms with van der Waals surface area (Å²) in [7, 11) is 0. The molecule has 27 heavy (non-hydrogen) atoms. The van der Waals surface area contributed by atoms with Crippen molar-refractivity contribution in [2.24, 2.45) is 0 Å². The lowest BCUT2D eigenvalue weighted by atomic mass is 10.2. The number of benzene rings is 1. The summed E-state index contributed by atoms with van der Waals surface area (Å²) in [4.78, 5) is 20.8. The minimum atomic E-state index is -0.0460. The molecule has 1 amide bonds. The summed E-state index contributed by atoms with van der Waals surface area (Å²) in [5, 5.41) is 5.38. The van der Waals surface area contributed by atoms with E-state index in [-0.39, 0.29) is 12.0 Å². The molecule has 1 aliphatic rings. The van der Waals surface area contributed by atoms with Crippen molar-refractivity contribution in [3.63, 3.8) is 0 Å². The number of rotatable bonds is 6. The van der Waals surface area contributed by atoms with Crippen LogP contribution in [-0.4, -0.2) is 35.0 Å². The van der Waals surface area contributed by atoms with E-state index in [1.165, 1.54) is 11.3 Å². The number of halogens is 1. The quantitative estimate of drug-likeness (QED) is 0.542. The summed E-state index contributed by atoms with van der Waals surface area (Å²) >= 11 is 9.09. The third kappa shape index (κ3) is 4.58. The van der Waals surface area contributed by atoms with Crippen molar-refractivity contribution in [1.82, 2.24) is 9.88 Å². The molecule has 3 aromatic rings. The van der Waals surface area contributed by atoms with Gasteiger partial charge in [0.2, 0.25) is 0 Å². The number of thiophene rings is 1. The SMILES string of the molecule is O=C(c1csc(-c2ccc(Cl)cc2)n1)N(Cc1cccs1)CC1CCCO1. The van der Waals surface area contributed by atoms with Gasteiger partial charge in [-0.1, -0.05) is 29.8 Å². The number of ether oxygens (including phenoxy) is 1. The Bertz CT molecular complexity index is 887. The zero-order valence-corrected chi connectivity index (χ0v) is 17.0. The van der Waals surface area contributed by atoms with Crippen LogP contribution in [0.1, 0.15) is 28.2 Å². The van der Waals surface area contributed by atoms with Gasteiger partial charge in [-0.3, -0.25) is 4.79 Å². The molecule has 0 N–H and O–H groups in total. The summed E-state index contributed by atoms with van der Waals surface area (Å²) < 4.78 is 5.75. The Morgan fingerprint density at radius 2 is 2.11 bits per heavy atom. The molecule has 1 atom stereocenters. The molecule has 3 heterocycles. The van der Waals surface area contributed by atoms with Crippen molar-refractivity contribution in [3.8, 4) is 10.6 Å². The zero-order chi connectivity index (χ0) is 18.6. The lowest BCUT2D eigenvalue weighted by Gasteiger charge is -2.24.